The molecule has 1 N–H and O–H groups in total. The van der Waals surface area contributed by atoms with Gasteiger partial charge in [0.2, 0.25) is 11.8 Å². The highest BCUT2D eigenvalue weighted by Crippen LogP contribution is 2.22. The van der Waals surface area contributed by atoms with E-state index in [-0.39, 0.29) is 23.9 Å². The molecule has 1 saturated heterocycles. The maximum Gasteiger partial charge on any atom is 0.229 e. The highest BCUT2D eigenvalue weighted by atomic mass is 35.5. The summed E-state index contributed by atoms with van der Waals surface area (Å²) in [4.78, 5) is 26.1. The van der Waals surface area contributed by atoms with Crippen LogP contribution < -0.4 is 5.32 Å². The van der Waals surface area contributed by atoms with Crippen LogP contribution in [-0.4, -0.2) is 29.8 Å². The first kappa shape index (κ1) is 17.4. The summed E-state index contributed by atoms with van der Waals surface area (Å²) in [6.07, 6.45) is 0.823. The van der Waals surface area contributed by atoms with Crippen LogP contribution in [0.15, 0.2) is 48.5 Å². The minimum absolute atomic E-state index is 0.0595. The van der Waals surface area contributed by atoms with Crippen molar-refractivity contribution in [3.63, 3.8) is 0 Å². The lowest BCUT2D eigenvalue weighted by Crippen LogP contribution is -2.30. The van der Waals surface area contributed by atoms with Crippen molar-refractivity contribution in [1.29, 1.82) is 0 Å². The van der Waals surface area contributed by atoms with E-state index in [0.717, 1.165) is 5.56 Å². The molecule has 130 valence electrons. The van der Waals surface area contributed by atoms with Gasteiger partial charge in [0, 0.05) is 24.5 Å². The van der Waals surface area contributed by atoms with Gasteiger partial charge in [-0.1, -0.05) is 35.9 Å². The Morgan fingerprint density at radius 3 is 2.80 bits per heavy atom. The Kier molecular flexibility index (Phi) is 5.34. The number of para-hydroxylation sites is 1. The smallest absolute Gasteiger partial charge is 0.229 e. The predicted molar refractivity (Wildman–Crippen MR) is 94.9 cm³/mol. The first-order valence-electron chi connectivity index (χ1n) is 8.10. The molecule has 6 heteroatoms. The molecular formula is C19H18ClFN2O2. The van der Waals surface area contributed by atoms with Crippen LogP contribution in [0.2, 0.25) is 5.02 Å². The fraction of sp³-hybridized carbons (Fsp3) is 0.263. The molecule has 0 bridgehead atoms. The normalized spacial score (nSPS) is 17.0. The molecule has 1 aliphatic rings. The third-order valence-corrected chi connectivity index (χ3v) is 4.51. The molecular weight excluding hydrogens is 343 g/mol. The van der Waals surface area contributed by atoms with E-state index in [1.54, 1.807) is 23.1 Å². The Labute approximate surface area is 150 Å². The third kappa shape index (κ3) is 4.37. The Hall–Kier alpha value is -2.40. The number of likely N-dealkylation sites (tertiary alicyclic amines) is 1. The monoisotopic (exact) mass is 360 g/mol. The molecule has 25 heavy (non-hydrogen) atoms. The molecule has 0 aromatic heterocycles. The predicted octanol–water partition coefficient (Wildman–Crippen LogP) is 3.51. The topological polar surface area (TPSA) is 49.4 Å². The van der Waals surface area contributed by atoms with Gasteiger partial charge >= 0.3 is 0 Å². The van der Waals surface area contributed by atoms with E-state index in [9.17, 15) is 14.0 Å². The number of carbonyl (C=O) groups is 2. The second-order valence-electron chi connectivity index (χ2n) is 6.09. The quantitative estimate of drug-likeness (QED) is 0.887. The first-order chi connectivity index (χ1) is 12.0. The van der Waals surface area contributed by atoms with E-state index in [1.165, 1.54) is 12.1 Å². The number of benzene rings is 2. The van der Waals surface area contributed by atoms with Crippen LogP contribution in [0.3, 0.4) is 0 Å². The molecule has 1 unspecified atom stereocenters. The van der Waals surface area contributed by atoms with Crippen LogP contribution >= 0.6 is 11.6 Å². The SMILES string of the molecule is O=C(Nc1ccccc1F)C1CC(=O)N(CCc2cccc(Cl)c2)C1. The summed E-state index contributed by atoms with van der Waals surface area (Å²) in [5.74, 6) is -1.34. The summed E-state index contributed by atoms with van der Waals surface area (Å²) in [6.45, 7) is 0.877. The second kappa shape index (κ2) is 7.66. The molecule has 0 spiro atoms. The maximum atomic E-state index is 13.6. The number of hydrogen-bond acceptors (Lipinski definition) is 2. The van der Waals surface area contributed by atoms with Crippen molar-refractivity contribution >= 4 is 29.1 Å². The van der Waals surface area contributed by atoms with Crippen LogP contribution in [0, 0.1) is 11.7 Å². The third-order valence-electron chi connectivity index (χ3n) is 4.28. The Morgan fingerprint density at radius 2 is 2.04 bits per heavy atom. The summed E-state index contributed by atoms with van der Waals surface area (Å²) in [5.41, 5.74) is 1.18. The molecule has 0 aliphatic carbocycles. The van der Waals surface area contributed by atoms with Crippen molar-refractivity contribution in [2.24, 2.45) is 5.92 Å². The van der Waals surface area contributed by atoms with Crippen LogP contribution in [0.25, 0.3) is 0 Å². The van der Waals surface area contributed by atoms with E-state index >= 15 is 0 Å². The van der Waals surface area contributed by atoms with Crippen molar-refractivity contribution in [2.45, 2.75) is 12.8 Å². The lowest BCUT2D eigenvalue weighted by Gasteiger charge is -2.16. The van der Waals surface area contributed by atoms with Crippen molar-refractivity contribution in [3.8, 4) is 0 Å². The molecule has 1 atom stereocenters. The van der Waals surface area contributed by atoms with Crippen LogP contribution in [0.5, 0.6) is 0 Å². The molecule has 0 radical (unpaired) electrons. The summed E-state index contributed by atoms with van der Waals surface area (Å²) in [7, 11) is 0. The van der Waals surface area contributed by atoms with Crippen molar-refractivity contribution in [1.82, 2.24) is 4.90 Å². The van der Waals surface area contributed by atoms with E-state index in [0.29, 0.717) is 24.5 Å². The summed E-state index contributed by atoms with van der Waals surface area (Å²) in [5, 5.41) is 3.22. The summed E-state index contributed by atoms with van der Waals surface area (Å²) < 4.78 is 13.6. The highest BCUT2D eigenvalue weighted by molar-refractivity contribution is 6.30. The van der Waals surface area contributed by atoms with Crippen molar-refractivity contribution in [3.05, 3.63) is 64.9 Å². The van der Waals surface area contributed by atoms with Crippen LogP contribution in [0.1, 0.15) is 12.0 Å². The van der Waals surface area contributed by atoms with Gasteiger partial charge in [0.15, 0.2) is 0 Å². The first-order valence-corrected chi connectivity index (χ1v) is 8.48. The van der Waals surface area contributed by atoms with Gasteiger partial charge in [-0.25, -0.2) is 4.39 Å². The molecule has 4 nitrogen and oxygen atoms in total. The number of nitrogens with zero attached hydrogens (tertiary/aromatic N) is 1. The van der Waals surface area contributed by atoms with Crippen molar-refractivity contribution < 1.29 is 14.0 Å². The molecule has 3 rings (SSSR count). The summed E-state index contributed by atoms with van der Waals surface area (Å²) >= 11 is 5.96. The maximum absolute atomic E-state index is 13.6. The lowest BCUT2D eigenvalue weighted by atomic mass is 10.1. The average molecular weight is 361 g/mol. The standard InChI is InChI=1S/C19H18ClFN2O2/c20-15-5-3-4-13(10-15)8-9-23-12-14(11-18(23)24)19(25)22-17-7-2-1-6-16(17)21/h1-7,10,14H,8-9,11-12H2,(H,22,25). The average Bonchev–Trinajstić information content (AvgIpc) is 2.96. The van der Waals surface area contributed by atoms with Gasteiger partial charge in [0.25, 0.3) is 0 Å². The van der Waals surface area contributed by atoms with E-state index < -0.39 is 11.7 Å². The van der Waals surface area contributed by atoms with E-state index in [1.807, 2.05) is 18.2 Å². The molecule has 2 aromatic rings. The molecule has 1 fully saturated rings. The number of anilines is 1. The van der Waals surface area contributed by atoms with Crippen LogP contribution in [0.4, 0.5) is 10.1 Å². The van der Waals surface area contributed by atoms with E-state index in [2.05, 4.69) is 5.32 Å². The largest absolute Gasteiger partial charge is 0.342 e. The Bertz CT molecular complexity index is 796. The zero-order valence-electron chi connectivity index (χ0n) is 13.5. The van der Waals surface area contributed by atoms with Gasteiger partial charge in [0.05, 0.1) is 11.6 Å². The van der Waals surface area contributed by atoms with Gasteiger partial charge in [-0.3, -0.25) is 9.59 Å². The minimum atomic E-state index is -0.488. The zero-order chi connectivity index (χ0) is 17.8. The Balaban J connectivity index is 1.56. The number of hydrogen-bond donors (Lipinski definition) is 1. The molecule has 2 aromatic carbocycles. The van der Waals surface area contributed by atoms with Gasteiger partial charge in [-0.2, -0.15) is 0 Å². The number of nitrogens with one attached hydrogen (secondary N) is 1. The van der Waals surface area contributed by atoms with Crippen molar-refractivity contribution in [2.75, 3.05) is 18.4 Å². The minimum Gasteiger partial charge on any atom is -0.342 e. The second-order valence-corrected chi connectivity index (χ2v) is 6.53. The van der Waals surface area contributed by atoms with Gasteiger partial charge in [0.1, 0.15) is 5.82 Å². The summed E-state index contributed by atoms with van der Waals surface area (Å²) in [6, 6.07) is 13.5. The molecule has 2 amide bonds. The number of amides is 2. The number of carbonyl (C=O) groups excluding carboxylic acids is 2. The van der Waals surface area contributed by atoms with Crippen LogP contribution in [-0.2, 0) is 16.0 Å². The van der Waals surface area contributed by atoms with Gasteiger partial charge in [-0.05, 0) is 36.2 Å². The van der Waals surface area contributed by atoms with Gasteiger partial charge < -0.3 is 10.2 Å². The highest BCUT2D eigenvalue weighted by Gasteiger charge is 2.34. The number of rotatable bonds is 5. The zero-order valence-corrected chi connectivity index (χ0v) is 14.3. The fourth-order valence-electron chi connectivity index (χ4n) is 2.92. The van der Waals surface area contributed by atoms with E-state index in [4.69, 9.17) is 11.6 Å². The lowest BCUT2D eigenvalue weighted by molar-refractivity contribution is -0.128. The molecule has 1 aliphatic heterocycles. The molecule has 1 heterocycles. The fourth-order valence-corrected chi connectivity index (χ4v) is 3.13. The van der Waals surface area contributed by atoms with Gasteiger partial charge in [-0.15, -0.1) is 0 Å². The molecule has 0 saturated carbocycles. The number of halogens is 2. The Morgan fingerprint density at radius 1 is 1.24 bits per heavy atom.